The zero-order valence-corrected chi connectivity index (χ0v) is 12.6. The van der Waals surface area contributed by atoms with Crippen LogP contribution in [0.25, 0.3) is 0 Å². The Morgan fingerprint density at radius 2 is 2.25 bits per heavy atom. The Kier molecular flexibility index (Phi) is 5.15. The first-order valence-electron chi connectivity index (χ1n) is 7.32. The van der Waals surface area contributed by atoms with Crippen molar-refractivity contribution >= 4 is 11.6 Å². The molecule has 0 aliphatic carbocycles. The number of benzene rings is 1. The highest BCUT2D eigenvalue weighted by atomic mass is 16.1. The Balaban J connectivity index is 1.96. The molecule has 4 nitrogen and oxygen atoms in total. The lowest BCUT2D eigenvalue weighted by molar-refractivity contribution is -0.120. The van der Waals surface area contributed by atoms with E-state index in [9.17, 15) is 4.79 Å². The van der Waals surface area contributed by atoms with Gasteiger partial charge in [-0.3, -0.25) is 4.79 Å². The fourth-order valence-electron chi connectivity index (χ4n) is 2.73. The van der Waals surface area contributed by atoms with Gasteiger partial charge in [0.1, 0.15) is 0 Å². The van der Waals surface area contributed by atoms with Gasteiger partial charge in [-0.1, -0.05) is 12.1 Å². The van der Waals surface area contributed by atoms with Crippen LogP contribution < -0.4 is 10.6 Å². The lowest BCUT2D eigenvalue weighted by atomic mass is 9.92. The van der Waals surface area contributed by atoms with Gasteiger partial charge >= 0.3 is 0 Å². The molecule has 0 bridgehead atoms. The maximum absolute atomic E-state index is 12.3. The highest BCUT2D eigenvalue weighted by molar-refractivity contribution is 5.92. The molecule has 4 heteroatoms. The molecule has 2 atom stereocenters. The molecule has 1 aliphatic heterocycles. The highest BCUT2D eigenvalue weighted by Crippen LogP contribution is 2.19. The molecule has 110 valence electrons. The van der Waals surface area contributed by atoms with Crippen LogP contribution in [-0.2, 0) is 11.3 Å². The highest BCUT2D eigenvalue weighted by Gasteiger charge is 2.24. The van der Waals surface area contributed by atoms with E-state index in [1.165, 1.54) is 5.56 Å². The summed E-state index contributed by atoms with van der Waals surface area (Å²) in [5, 5.41) is 6.44. The molecule has 2 N–H and O–H groups in total. The summed E-state index contributed by atoms with van der Waals surface area (Å²) >= 11 is 0. The first-order valence-corrected chi connectivity index (χ1v) is 7.32. The summed E-state index contributed by atoms with van der Waals surface area (Å²) in [5.41, 5.74) is 2.12. The molecule has 1 heterocycles. The molecule has 0 saturated carbocycles. The molecule has 1 amide bonds. The van der Waals surface area contributed by atoms with Crippen molar-refractivity contribution in [2.75, 3.05) is 26.0 Å². The molecule has 1 saturated heterocycles. The van der Waals surface area contributed by atoms with E-state index in [0.29, 0.717) is 6.04 Å². The number of anilines is 1. The van der Waals surface area contributed by atoms with E-state index in [1.54, 1.807) is 0 Å². The van der Waals surface area contributed by atoms with Crippen LogP contribution in [0.15, 0.2) is 24.3 Å². The largest absolute Gasteiger partial charge is 0.326 e. The predicted molar refractivity (Wildman–Crippen MR) is 82.7 cm³/mol. The molecule has 1 aliphatic rings. The molecular weight excluding hydrogens is 250 g/mol. The number of nitrogens with one attached hydrogen (secondary N) is 2. The summed E-state index contributed by atoms with van der Waals surface area (Å²) in [5.74, 6) is 0.282. The Morgan fingerprint density at radius 3 is 2.95 bits per heavy atom. The summed E-state index contributed by atoms with van der Waals surface area (Å²) in [7, 11) is 4.09. The van der Waals surface area contributed by atoms with E-state index in [0.717, 1.165) is 31.6 Å². The second kappa shape index (κ2) is 6.86. The maximum Gasteiger partial charge on any atom is 0.227 e. The number of hydrogen-bond acceptors (Lipinski definition) is 3. The summed E-state index contributed by atoms with van der Waals surface area (Å²) < 4.78 is 0. The summed E-state index contributed by atoms with van der Waals surface area (Å²) in [6, 6.07) is 8.53. The number of carbonyl (C=O) groups excluding carboxylic acids is 1. The Morgan fingerprint density at radius 1 is 1.45 bits per heavy atom. The lowest BCUT2D eigenvalue weighted by Gasteiger charge is -2.27. The van der Waals surface area contributed by atoms with Crippen molar-refractivity contribution in [1.82, 2.24) is 10.2 Å². The number of carbonyl (C=O) groups is 1. The topological polar surface area (TPSA) is 44.4 Å². The monoisotopic (exact) mass is 275 g/mol. The minimum Gasteiger partial charge on any atom is -0.326 e. The van der Waals surface area contributed by atoms with E-state index in [1.807, 2.05) is 26.2 Å². The normalized spacial score (nSPS) is 22.8. The van der Waals surface area contributed by atoms with Gasteiger partial charge in [0, 0.05) is 24.2 Å². The first-order chi connectivity index (χ1) is 9.54. The molecule has 20 heavy (non-hydrogen) atoms. The number of rotatable bonds is 4. The average Bonchev–Trinajstić information content (AvgIpc) is 2.38. The van der Waals surface area contributed by atoms with Gasteiger partial charge in [-0.2, -0.15) is 0 Å². The van der Waals surface area contributed by atoms with E-state index in [-0.39, 0.29) is 11.8 Å². The third-order valence-corrected chi connectivity index (χ3v) is 3.69. The minimum absolute atomic E-state index is 0.128. The van der Waals surface area contributed by atoms with Crippen molar-refractivity contribution in [1.29, 1.82) is 0 Å². The minimum atomic E-state index is 0.128. The Labute approximate surface area is 121 Å². The van der Waals surface area contributed by atoms with Crippen molar-refractivity contribution in [3.8, 4) is 0 Å². The van der Waals surface area contributed by atoms with Crippen LogP contribution >= 0.6 is 0 Å². The van der Waals surface area contributed by atoms with E-state index in [2.05, 4.69) is 34.6 Å². The van der Waals surface area contributed by atoms with Crippen molar-refractivity contribution in [3.05, 3.63) is 29.8 Å². The maximum atomic E-state index is 12.3. The van der Waals surface area contributed by atoms with Crippen molar-refractivity contribution in [2.24, 2.45) is 5.92 Å². The smallest absolute Gasteiger partial charge is 0.227 e. The third kappa shape index (κ3) is 4.32. The van der Waals surface area contributed by atoms with Gasteiger partial charge in [0.15, 0.2) is 0 Å². The first kappa shape index (κ1) is 15.0. The van der Waals surface area contributed by atoms with E-state index >= 15 is 0 Å². The van der Waals surface area contributed by atoms with Gasteiger partial charge in [-0.25, -0.2) is 0 Å². The van der Waals surface area contributed by atoms with Crippen LogP contribution in [0.5, 0.6) is 0 Å². The zero-order valence-electron chi connectivity index (χ0n) is 12.6. The van der Waals surface area contributed by atoms with Gasteiger partial charge in [0.2, 0.25) is 5.91 Å². The summed E-state index contributed by atoms with van der Waals surface area (Å²) in [6.45, 7) is 3.95. The SMILES string of the molecule is CC1CC(C(=O)Nc2cccc(CN(C)C)c2)CCN1. The van der Waals surface area contributed by atoms with Crippen molar-refractivity contribution in [2.45, 2.75) is 32.4 Å². The van der Waals surface area contributed by atoms with Gasteiger partial charge in [0.25, 0.3) is 0 Å². The van der Waals surface area contributed by atoms with Crippen LogP contribution in [-0.4, -0.2) is 37.5 Å². The molecule has 1 fully saturated rings. The van der Waals surface area contributed by atoms with Gasteiger partial charge in [0.05, 0.1) is 0 Å². The molecule has 2 rings (SSSR count). The second-order valence-electron chi connectivity index (χ2n) is 6.00. The lowest BCUT2D eigenvalue weighted by Crippen LogP contribution is -2.40. The second-order valence-corrected chi connectivity index (χ2v) is 6.00. The van der Waals surface area contributed by atoms with Crippen LogP contribution in [0.4, 0.5) is 5.69 Å². The fraction of sp³-hybridized carbons (Fsp3) is 0.562. The summed E-state index contributed by atoms with van der Waals surface area (Å²) in [4.78, 5) is 14.4. The molecule has 0 spiro atoms. The van der Waals surface area contributed by atoms with E-state index < -0.39 is 0 Å². The summed E-state index contributed by atoms with van der Waals surface area (Å²) in [6.07, 6.45) is 1.84. The van der Waals surface area contributed by atoms with Gasteiger partial charge < -0.3 is 15.5 Å². The molecule has 0 aromatic heterocycles. The zero-order chi connectivity index (χ0) is 14.5. The molecule has 1 aromatic rings. The number of amides is 1. The Bertz CT molecular complexity index is 459. The number of nitrogens with zero attached hydrogens (tertiary/aromatic N) is 1. The molecule has 1 aromatic carbocycles. The van der Waals surface area contributed by atoms with Crippen LogP contribution in [0.2, 0.25) is 0 Å². The fourth-order valence-corrected chi connectivity index (χ4v) is 2.73. The van der Waals surface area contributed by atoms with Crippen molar-refractivity contribution in [3.63, 3.8) is 0 Å². The quantitative estimate of drug-likeness (QED) is 0.884. The third-order valence-electron chi connectivity index (χ3n) is 3.69. The van der Waals surface area contributed by atoms with Crippen molar-refractivity contribution < 1.29 is 4.79 Å². The molecule has 2 unspecified atom stereocenters. The van der Waals surface area contributed by atoms with Crippen LogP contribution in [0.1, 0.15) is 25.3 Å². The number of piperidine rings is 1. The standard InChI is InChI=1S/C16H25N3O/c1-12-9-14(7-8-17-12)16(20)18-15-6-4-5-13(10-15)11-19(2)3/h4-6,10,12,14,17H,7-9,11H2,1-3H3,(H,18,20). The number of hydrogen-bond donors (Lipinski definition) is 2. The Hall–Kier alpha value is -1.39. The van der Waals surface area contributed by atoms with Crippen LogP contribution in [0.3, 0.4) is 0 Å². The van der Waals surface area contributed by atoms with Gasteiger partial charge in [-0.05, 0) is 58.1 Å². The average molecular weight is 275 g/mol. The van der Waals surface area contributed by atoms with E-state index in [4.69, 9.17) is 0 Å². The molecule has 0 radical (unpaired) electrons. The van der Waals surface area contributed by atoms with Crippen LogP contribution in [0, 0.1) is 5.92 Å². The van der Waals surface area contributed by atoms with Gasteiger partial charge in [-0.15, -0.1) is 0 Å². The molecular formula is C16H25N3O. The predicted octanol–water partition coefficient (Wildman–Crippen LogP) is 2.07.